The van der Waals surface area contributed by atoms with Crippen LogP contribution in [-0.2, 0) is 9.47 Å². The summed E-state index contributed by atoms with van der Waals surface area (Å²) in [6.45, 7) is 0. The van der Waals surface area contributed by atoms with Gasteiger partial charge in [-0.25, -0.2) is 0 Å². The number of hydrogen-bond donors (Lipinski definition) is 0. The highest BCUT2D eigenvalue weighted by atomic mass is 16.6. The van der Waals surface area contributed by atoms with Gasteiger partial charge in [0.15, 0.2) is 0 Å². The van der Waals surface area contributed by atoms with Crippen LogP contribution in [0.2, 0.25) is 0 Å². The third-order valence-corrected chi connectivity index (χ3v) is 6.46. The van der Waals surface area contributed by atoms with Gasteiger partial charge in [0.2, 0.25) is 0 Å². The molecule has 2 aliphatic carbocycles. The second-order valence-electron chi connectivity index (χ2n) is 7.49. The number of fused-ring (bicyclic) bond motifs is 7. The molecule has 4 aliphatic rings. The zero-order valence-corrected chi connectivity index (χ0v) is 12.7. The lowest BCUT2D eigenvalue weighted by atomic mass is 9.78. The van der Waals surface area contributed by atoms with Gasteiger partial charge in [0, 0.05) is 0 Å². The van der Waals surface area contributed by atoms with Crippen molar-refractivity contribution in [3.63, 3.8) is 0 Å². The third kappa shape index (κ3) is 0.991. The van der Waals surface area contributed by atoms with Crippen molar-refractivity contribution in [1.29, 1.82) is 0 Å². The summed E-state index contributed by atoms with van der Waals surface area (Å²) in [5.41, 5.74) is 5.48. The van der Waals surface area contributed by atoms with Gasteiger partial charge in [0.1, 0.15) is 24.4 Å². The lowest BCUT2D eigenvalue weighted by Gasteiger charge is -2.23. The van der Waals surface area contributed by atoms with Gasteiger partial charge < -0.3 is 9.47 Å². The Bertz CT molecular complexity index is 1190. The van der Waals surface area contributed by atoms with Crippen LogP contribution in [0.15, 0.2) is 48.5 Å². The molecule has 2 nitrogen and oxygen atoms in total. The van der Waals surface area contributed by atoms with Crippen molar-refractivity contribution >= 4 is 32.3 Å². The third-order valence-electron chi connectivity index (χ3n) is 6.46. The van der Waals surface area contributed by atoms with E-state index in [0.29, 0.717) is 0 Å². The minimum Gasteiger partial charge on any atom is -0.359 e. The molecular formula is C22H12O2. The molecule has 2 heterocycles. The molecule has 112 valence electrons. The Labute approximate surface area is 137 Å². The minimum absolute atomic E-state index is 0.250. The minimum atomic E-state index is 0.250. The fourth-order valence-electron chi connectivity index (χ4n) is 5.44. The predicted molar refractivity (Wildman–Crippen MR) is 92.1 cm³/mol. The number of rotatable bonds is 0. The van der Waals surface area contributed by atoms with Crippen molar-refractivity contribution < 1.29 is 9.47 Å². The van der Waals surface area contributed by atoms with Crippen LogP contribution in [0.25, 0.3) is 32.3 Å². The van der Waals surface area contributed by atoms with Gasteiger partial charge in [-0.05, 0) is 54.6 Å². The molecule has 24 heavy (non-hydrogen) atoms. The van der Waals surface area contributed by atoms with Crippen LogP contribution in [0.3, 0.4) is 0 Å². The standard InChI is InChI=1S/C22H12O2/c1-3-9-10-4-2-6-12-16(10)18-14(22-20(12)24-22)8-7-13-17(18)15(9)11(5-1)19-21(13)23-19/h1-8,19-22H/t19-,20+,21+,22-. The van der Waals surface area contributed by atoms with E-state index in [-0.39, 0.29) is 24.4 Å². The van der Waals surface area contributed by atoms with Crippen molar-refractivity contribution in [1.82, 2.24) is 0 Å². The molecule has 4 aromatic carbocycles. The van der Waals surface area contributed by atoms with Gasteiger partial charge in [-0.15, -0.1) is 0 Å². The van der Waals surface area contributed by atoms with Gasteiger partial charge in [0.05, 0.1) is 0 Å². The first-order valence-electron chi connectivity index (χ1n) is 8.66. The molecule has 0 amide bonds. The van der Waals surface area contributed by atoms with Gasteiger partial charge >= 0.3 is 0 Å². The lowest BCUT2D eigenvalue weighted by molar-refractivity contribution is 0.379. The Morgan fingerprint density at radius 3 is 1.33 bits per heavy atom. The molecule has 0 saturated carbocycles. The quantitative estimate of drug-likeness (QED) is 0.321. The maximum absolute atomic E-state index is 6.06. The number of hydrogen-bond acceptors (Lipinski definition) is 2. The van der Waals surface area contributed by atoms with E-state index in [1.165, 1.54) is 54.6 Å². The van der Waals surface area contributed by atoms with Crippen LogP contribution in [0.5, 0.6) is 0 Å². The molecule has 0 radical (unpaired) electrons. The maximum Gasteiger partial charge on any atom is 0.114 e. The summed E-state index contributed by atoms with van der Waals surface area (Å²) in [6.07, 6.45) is 1.01. The summed E-state index contributed by atoms with van der Waals surface area (Å²) < 4.78 is 12.1. The Kier molecular flexibility index (Phi) is 1.50. The highest BCUT2D eigenvalue weighted by Gasteiger charge is 2.51. The van der Waals surface area contributed by atoms with Crippen molar-refractivity contribution in [3.05, 3.63) is 70.8 Å². The highest BCUT2D eigenvalue weighted by molar-refractivity contribution is 6.29. The topological polar surface area (TPSA) is 25.1 Å². The predicted octanol–water partition coefficient (Wildman–Crippen LogP) is 5.40. The Balaban J connectivity index is 1.83. The van der Waals surface area contributed by atoms with Crippen molar-refractivity contribution in [2.24, 2.45) is 0 Å². The first-order valence-corrected chi connectivity index (χ1v) is 8.66. The van der Waals surface area contributed by atoms with Crippen LogP contribution in [0, 0.1) is 0 Å². The zero-order chi connectivity index (χ0) is 15.2. The maximum atomic E-state index is 6.06. The molecule has 4 aromatic rings. The summed E-state index contributed by atoms with van der Waals surface area (Å²) in [5, 5.41) is 8.39. The second kappa shape index (κ2) is 3.21. The molecule has 0 bridgehead atoms. The monoisotopic (exact) mass is 308 g/mol. The van der Waals surface area contributed by atoms with E-state index < -0.39 is 0 Å². The summed E-state index contributed by atoms with van der Waals surface area (Å²) in [5.74, 6) is 0. The Morgan fingerprint density at radius 2 is 0.875 bits per heavy atom. The molecule has 2 saturated heterocycles. The molecular weight excluding hydrogens is 296 g/mol. The van der Waals surface area contributed by atoms with Gasteiger partial charge in [-0.2, -0.15) is 0 Å². The normalized spacial score (nSPS) is 30.2. The highest BCUT2D eigenvalue weighted by Crippen LogP contribution is 2.65. The SMILES string of the molecule is c1cc2c3c(c1)c1cccc4c1c1c(ccc(c31)[C@H]1O[C@@H]21)[C@@H]1O[C@H]41. The first-order chi connectivity index (χ1) is 11.9. The summed E-state index contributed by atoms with van der Waals surface area (Å²) in [7, 11) is 0. The summed E-state index contributed by atoms with van der Waals surface area (Å²) in [4.78, 5) is 0. The largest absolute Gasteiger partial charge is 0.359 e. The molecule has 0 N–H and O–H groups in total. The average molecular weight is 308 g/mol. The molecule has 0 unspecified atom stereocenters. The van der Waals surface area contributed by atoms with E-state index >= 15 is 0 Å². The van der Waals surface area contributed by atoms with Gasteiger partial charge in [-0.3, -0.25) is 0 Å². The van der Waals surface area contributed by atoms with E-state index in [4.69, 9.17) is 9.47 Å². The smallest absolute Gasteiger partial charge is 0.114 e. The number of ether oxygens (including phenoxy) is 2. The first kappa shape index (κ1) is 11.2. The summed E-state index contributed by atoms with van der Waals surface area (Å²) >= 11 is 0. The van der Waals surface area contributed by atoms with Crippen LogP contribution in [-0.4, -0.2) is 0 Å². The van der Waals surface area contributed by atoms with E-state index in [1.54, 1.807) is 0 Å². The molecule has 4 atom stereocenters. The van der Waals surface area contributed by atoms with Crippen molar-refractivity contribution in [2.45, 2.75) is 24.4 Å². The van der Waals surface area contributed by atoms with Gasteiger partial charge in [-0.1, -0.05) is 48.5 Å². The number of benzene rings is 4. The van der Waals surface area contributed by atoms with Crippen molar-refractivity contribution in [3.8, 4) is 0 Å². The Morgan fingerprint density at radius 1 is 0.458 bits per heavy atom. The van der Waals surface area contributed by atoms with E-state index in [1.807, 2.05) is 0 Å². The molecule has 2 fully saturated rings. The van der Waals surface area contributed by atoms with Crippen LogP contribution in [0.1, 0.15) is 46.7 Å². The molecule has 2 heteroatoms. The number of epoxide rings is 2. The molecule has 0 spiro atoms. The van der Waals surface area contributed by atoms with E-state index in [0.717, 1.165) is 0 Å². The second-order valence-corrected chi connectivity index (χ2v) is 7.49. The summed E-state index contributed by atoms with van der Waals surface area (Å²) in [6, 6.07) is 18.0. The average Bonchev–Trinajstić information content (AvgIpc) is 3.53. The Hall–Kier alpha value is -2.42. The van der Waals surface area contributed by atoms with Crippen LogP contribution < -0.4 is 0 Å². The van der Waals surface area contributed by atoms with E-state index in [9.17, 15) is 0 Å². The fraction of sp³-hybridized carbons (Fsp3) is 0.182. The van der Waals surface area contributed by atoms with E-state index in [2.05, 4.69) is 48.5 Å². The van der Waals surface area contributed by atoms with Gasteiger partial charge in [0.25, 0.3) is 0 Å². The van der Waals surface area contributed by atoms with Crippen LogP contribution in [0.4, 0.5) is 0 Å². The van der Waals surface area contributed by atoms with Crippen molar-refractivity contribution in [2.75, 3.05) is 0 Å². The zero-order valence-electron chi connectivity index (χ0n) is 12.7. The molecule has 2 aliphatic heterocycles. The lowest BCUT2D eigenvalue weighted by Crippen LogP contribution is -2.03. The molecule has 8 rings (SSSR count). The van der Waals surface area contributed by atoms with Crippen LogP contribution >= 0.6 is 0 Å². The fourth-order valence-corrected chi connectivity index (χ4v) is 5.44. The molecule has 0 aromatic heterocycles.